The van der Waals surface area contributed by atoms with Gasteiger partial charge in [-0.3, -0.25) is 0 Å². The van der Waals surface area contributed by atoms with Gasteiger partial charge < -0.3 is 10.6 Å². The van der Waals surface area contributed by atoms with Crippen LogP contribution in [0.15, 0.2) is 27.8 Å². The van der Waals surface area contributed by atoms with Crippen molar-refractivity contribution in [3.05, 3.63) is 34.1 Å². The molecule has 1 aromatic carbocycles. The Hall–Kier alpha value is -1.42. The van der Waals surface area contributed by atoms with E-state index in [1.54, 1.807) is 12.1 Å². The number of ether oxygens (including phenoxy) is 1. The summed E-state index contributed by atoms with van der Waals surface area (Å²) in [7, 11) is 1.52. The van der Waals surface area contributed by atoms with E-state index < -0.39 is 12.0 Å². The first-order chi connectivity index (χ1) is 9.82. The SMILES string of the molecule is COc1ccc(Br)cc1CSc1nnc(C(F)(F)F)n1N. The number of nitrogens with two attached hydrogens (primary N) is 1. The van der Waals surface area contributed by atoms with Crippen LogP contribution in [0, 0.1) is 0 Å². The van der Waals surface area contributed by atoms with Crippen molar-refractivity contribution in [1.29, 1.82) is 0 Å². The molecule has 0 aliphatic heterocycles. The summed E-state index contributed by atoms with van der Waals surface area (Å²) in [6.07, 6.45) is -4.63. The Morgan fingerprint density at radius 3 is 2.67 bits per heavy atom. The quantitative estimate of drug-likeness (QED) is 0.650. The summed E-state index contributed by atoms with van der Waals surface area (Å²) < 4.78 is 44.1. The molecule has 2 N–H and O–H groups in total. The van der Waals surface area contributed by atoms with Gasteiger partial charge in [0.2, 0.25) is 5.16 Å². The summed E-state index contributed by atoms with van der Waals surface area (Å²) in [5.74, 6) is 5.11. The maximum absolute atomic E-state index is 12.6. The smallest absolute Gasteiger partial charge is 0.453 e. The molecule has 0 atom stereocenters. The lowest BCUT2D eigenvalue weighted by Crippen LogP contribution is -2.21. The number of nitrogens with zero attached hydrogens (tertiary/aromatic N) is 3. The number of rotatable bonds is 4. The topological polar surface area (TPSA) is 66.0 Å². The van der Waals surface area contributed by atoms with Crippen molar-refractivity contribution >= 4 is 27.7 Å². The maximum Gasteiger partial charge on any atom is 0.453 e. The Labute approximate surface area is 130 Å². The lowest BCUT2D eigenvalue weighted by atomic mass is 10.2. The normalized spacial score (nSPS) is 11.7. The first-order valence-corrected chi connectivity index (χ1v) is 7.33. The zero-order valence-corrected chi connectivity index (χ0v) is 13.1. The van der Waals surface area contributed by atoms with Crippen LogP contribution in [-0.2, 0) is 11.9 Å². The van der Waals surface area contributed by atoms with Crippen LogP contribution < -0.4 is 10.6 Å². The zero-order chi connectivity index (χ0) is 15.6. The second kappa shape index (κ2) is 6.14. The molecular formula is C11H10BrF3N4OS. The predicted molar refractivity (Wildman–Crippen MR) is 75.4 cm³/mol. The van der Waals surface area contributed by atoms with Gasteiger partial charge >= 0.3 is 6.18 Å². The third kappa shape index (κ3) is 3.62. The van der Waals surface area contributed by atoms with E-state index in [4.69, 9.17) is 10.6 Å². The number of benzene rings is 1. The number of hydrogen-bond donors (Lipinski definition) is 1. The van der Waals surface area contributed by atoms with Crippen LogP contribution in [0.1, 0.15) is 11.4 Å². The molecule has 2 aromatic rings. The Morgan fingerprint density at radius 2 is 2.10 bits per heavy atom. The number of methoxy groups -OCH3 is 1. The fraction of sp³-hybridized carbons (Fsp3) is 0.273. The fourth-order valence-corrected chi connectivity index (χ4v) is 2.81. The molecule has 0 unspecified atom stereocenters. The van der Waals surface area contributed by atoms with Crippen LogP contribution in [0.2, 0.25) is 0 Å². The molecule has 0 radical (unpaired) electrons. The summed E-state index contributed by atoms with van der Waals surface area (Å²) in [5, 5.41) is 6.49. The minimum Gasteiger partial charge on any atom is -0.496 e. The fourth-order valence-electron chi connectivity index (χ4n) is 1.57. The molecule has 2 rings (SSSR count). The molecule has 114 valence electrons. The van der Waals surface area contributed by atoms with Gasteiger partial charge in [0.05, 0.1) is 7.11 Å². The molecule has 0 saturated heterocycles. The van der Waals surface area contributed by atoms with Gasteiger partial charge in [-0.2, -0.15) is 13.2 Å². The van der Waals surface area contributed by atoms with Crippen LogP contribution in [0.25, 0.3) is 0 Å². The molecular weight excluding hydrogens is 373 g/mol. The Bertz CT molecular complexity index is 647. The van der Waals surface area contributed by atoms with Crippen LogP contribution >= 0.6 is 27.7 Å². The van der Waals surface area contributed by atoms with Crippen molar-refractivity contribution in [1.82, 2.24) is 14.9 Å². The van der Waals surface area contributed by atoms with Gasteiger partial charge in [0, 0.05) is 15.8 Å². The van der Waals surface area contributed by atoms with Gasteiger partial charge in [-0.05, 0) is 18.2 Å². The second-order valence-corrected chi connectivity index (χ2v) is 5.78. The molecule has 0 aliphatic carbocycles. The first kappa shape index (κ1) is 16.0. The standard InChI is InChI=1S/C11H10BrF3N4OS/c1-20-8-3-2-7(12)4-6(8)5-21-10-18-17-9(19(10)16)11(13,14)15/h2-4H,5,16H2,1H3. The highest BCUT2D eigenvalue weighted by atomic mass is 79.9. The van der Waals surface area contributed by atoms with E-state index in [0.29, 0.717) is 16.2 Å². The predicted octanol–water partition coefficient (Wildman–Crippen LogP) is 3.07. The van der Waals surface area contributed by atoms with Gasteiger partial charge in [-0.1, -0.05) is 27.7 Å². The Morgan fingerprint density at radius 1 is 1.38 bits per heavy atom. The van der Waals surface area contributed by atoms with Crippen molar-refractivity contribution in [3.8, 4) is 5.75 Å². The van der Waals surface area contributed by atoms with E-state index in [0.717, 1.165) is 21.8 Å². The minimum atomic E-state index is -4.63. The average Bonchev–Trinajstić information content (AvgIpc) is 2.77. The van der Waals surface area contributed by atoms with Crippen molar-refractivity contribution in [2.75, 3.05) is 13.0 Å². The molecule has 0 bridgehead atoms. The van der Waals surface area contributed by atoms with Gasteiger partial charge in [-0.25, -0.2) is 4.68 Å². The van der Waals surface area contributed by atoms with E-state index in [9.17, 15) is 13.2 Å². The number of alkyl halides is 3. The molecule has 0 spiro atoms. The Balaban J connectivity index is 2.18. The van der Waals surface area contributed by atoms with Crippen molar-refractivity contribution in [3.63, 3.8) is 0 Å². The van der Waals surface area contributed by atoms with Crippen molar-refractivity contribution in [2.24, 2.45) is 0 Å². The van der Waals surface area contributed by atoms with E-state index in [-0.39, 0.29) is 5.16 Å². The van der Waals surface area contributed by atoms with Crippen LogP contribution in [0.5, 0.6) is 5.75 Å². The number of halogens is 4. The third-order valence-corrected chi connectivity index (χ3v) is 4.00. The maximum atomic E-state index is 12.6. The van der Waals surface area contributed by atoms with E-state index in [1.165, 1.54) is 7.11 Å². The molecule has 21 heavy (non-hydrogen) atoms. The van der Waals surface area contributed by atoms with E-state index >= 15 is 0 Å². The molecule has 5 nitrogen and oxygen atoms in total. The van der Waals surface area contributed by atoms with Gasteiger partial charge in [0.1, 0.15) is 5.75 Å². The first-order valence-electron chi connectivity index (χ1n) is 5.56. The molecule has 1 heterocycles. The summed E-state index contributed by atoms with van der Waals surface area (Å²) in [4.78, 5) is 0. The van der Waals surface area contributed by atoms with Gasteiger partial charge in [0.15, 0.2) is 0 Å². The van der Waals surface area contributed by atoms with Crippen LogP contribution in [-0.4, -0.2) is 22.0 Å². The number of hydrogen-bond acceptors (Lipinski definition) is 5. The highest BCUT2D eigenvalue weighted by molar-refractivity contribution is 9.10. The largest absolute Gasteiger partial charge is 0.496 e. The second-order valence-electron chi connectivity index (χ2n) is 3.92. The van der Waals surface area contributed by atoms with Crippen LogP contribution in [0.4, 0.5) is 13.2 Å². The summed E-state index contributed by atoms with van der Waals surface area (Å²) >= 11 is 4.36. The summed E-state index contributed by atoms with van der Waals surface area (Å²) in [6.45, 7) is 0. The molecule has 0 fully saturated rings. The third-order valence-electron chi connectivity index (χ3n) is 2.52. The van der Waals surface area contributed by atoms with E-state index in [2.05, 4.69) is 26.1 Å². The van der Waals surface area contributed by atoms with Crippen LogP contribution in [0.3, 0.4) is 0 Å². The van der Waals surface area contributed by atoms with Gasteiger partial charge in [0.25, 0.3) is 5.82 Å². The number of aromatic nitrogens is 3. The zero-order valence-electron chi connectivity index (χ0n) is 10.7. The van der Waals surface area contributed by atoms with E-state index in [1.807, 2.05) is 6.07 Å². The summed E-state index contributed by atoms with van der Waals surface area (Å²) in [5.41, 5.74) is 0.799. The number of thioether (sulfide) groups is 1. The molecule has 0 amide bonds. The lowest BCUT2D eigenvalue weighted by Gasteiger charge is -2.09. The minimum absolute atomic E-state index is 0.0237. The highest BCUT2D eigenvalue weighted by Crippen LogP contribution is 2.32. The number of nitrogen functional groups attached to an aromatic ring is 1. The van der Waals surface area contributed by atoms with Gasteiger partial charge in [-0.15, -0.1) is 10.2 Å². The van der Waals surface area contributed by atoms with Crippen molar-refractivity contribution in [2.45, 2.75) is 17.1 Å². The highest BCUT2D eigenvalue weighted by Gasteiger charge is 2.38. The average molecular weight is 383 g/mol. The molecule has 1 aromatic heterocycles. The molecule has 10 heteroatoms. The monoisotopic (exact) mass is 382 g/mol. The Kier molecular flexibility index (Phi) is 4.67. The van der Waals surface area contributed by atoms with Crippen molar-refractivity contribution < 1.29 is 17.9 Å². The summed E-state index contributed by atoms with van der Waals surface area (Å²) in [6, 6.07) is 5.38. The lowest BCUT2D eigenvalue weighted by molar-refractivity contribution is -0.146. The molecule has 0 saturated carbocycles. The molecule has 0 aliphatic rings.